The molecule has 0 heterocycles. The van der Waals surface area contributed by atoms with Crippen molar-refractivity contribution in [3.05, 3.63) is 24.3 Å². The van der Waals surface area contributed by atoms with E-state index in [0.29, 0.717) is 13.0 Å². The Balaban J connectivity index is 4.08. The van der Waals surface area contributed by atoms with Crippen molar-refractivity contribution in [2.45, 2.75) is 180 Å². The van der Waals surface area contributed by atoms with Gasteiger partial charge in [-0.2, -0.15) is 0 Å². The topological polar surface area (TPSA) is 117 Å². The van der Waals surface area contributed by atoms with E-state index in [2.05, 4.69) is 38.2 Å². The molecule has 0 aliphatic rings. The summed E-state index contributed by atoms with van der Waals surface area (Å²) in [4.78, 5) is 22.4. The van der Waals surface area contributed by atoms with Crippen LogP contribution in [0.5, 0.6) is 0 Å². The molecular weight excluding hydrogens is 613 g/mol. The van der Waals surface area contributed by atoms with Crippen molar-refractivity contribution in [1.29, 1.82) is 0 Å². The molecule has 47 heavy (non-hydrogen) atoms. The maximum absolute atomic E-state index is 12.5. The van der Waals surface area contributed by atoms with Crippen molar-refractivity contribution in [3.63, 3.8) is 0 Å². The number of hydrogen-bond acceptors (Lipinski definition) is 7. The molecular formula is C38H74NO7P. The molecule has 0 rings (SSSR count). The number of carbonyl (C=O) groups excluding carboxylic acids is 1. The Morgan fingerprint density at radius 1 is 0.638 bits per heavy atom. The molecule has 2 atom stereocenters. The number of rotatable bonds is 37. The largest absolute Gasteiger partial charge is 0.472 e. The highest BCUT2D eigenvalue weighted by atomic mass is 31.2. The zero-order valence-corrected chi connectivity index (χ0v) is 31.4. The van der Waals surface area contributed by atoms with Crippen LogP contribution in [0.3, 0.4) is 0 Å². The van der Waals surface area contributed by atoms with Crippen LogP contribution in [-0.4, -0.2) is 49.9 Å². The molecule has 278 valence electrons. The van der Waals surface area contributed by atoms with Gasteiger partial charge in [0.1, 0.15) is 6.10 Å². The van der Waals surface area contributed by atoms with E-state index in [1.165, 1.54) is 109 Å². The van der Waals surface area contributed by atoms with E-state index in [1.807, 2.05) is 0 Å². The summed E-state index contributed by atoms with van der Waals surface area (Å²) in [5, 5.41) is 0. The van der Waals surface area contributed by atoms with E-state index in [4.69, 9.17) is 24.3 Å². The highest BCUT2D eigenvalue weighted by molar-refractivity contribution is 7.47. The molecule has 0 saturated heterocycles. The van der Waals surface area contributed by atoms with Crippen molar-refractivity contribution in [2.24, 2.45) is 5.73 Å². The second-order valence-corrected chi connectivity index (χ2v) is 14.2. The summed E-state index contributed by atoms with van der Waals surface area (Å²) in [6.07, 6.45) is 37.5. The third-order valence-electron chi connectivity index (χ3n) is 8.10. The second kappa shape index (κ2) is 36.3. The second-order valence-electron chi connectivity index (χ2n) is 12.8. The maximum Gasteiger partial charge on any atom is 0.472 e. The van der Waals surface area contributed by atoms with Crippen LogP contribution in [0.15, 0.2) is 24.3 Å². The van der Waals surface area contributed by atoms with Gasteiger partial charge in [0, 0.05) is 19.6 Å². The van der Waals surface area contributed by atoms with Gasteiger partial charge < -0.3 is 20.1 Å². The van der Waals surface area contributed by atoms with Gasteiger partial charge in [-0.1, -0.05) is 154 Å². The molecule has 9 heteroatoms. The molecule has 0 aliphatic heterocycles. The average molecular weight is 688 g/mol. The van der Waals surface area contributed by atoms with E-state index in [1.54, 1.807) is 0 Å². The van der Waals surface area contributed by atoms with E-state index in [9.17, 15) is 14.3 Å². The normalized spacial score (nSPS) is 13.9. The molecule has 0 aromatic heterocycles. The fourth-order valence-corrected chi connectivity index (χ4v) is 6.03. The highest BCUT2D eigenvalue weighted by Crippen LogP contribution is 2.43. The van der Waals surface area contributed by atoms with Gasteiger partial charge in [0.25, 0.3) is 0 Å². The maximum atomic E-state index is 12.5. The summed E-state index contributed by atoms with van der Waals surface area (Å²) in [5.74, 6) is -0.334. The molecule has 0 radical (unpaired) electrons. The first kappa shape index (κ1) is 46.0. The third-order valence-corrected chi connectivity index (χ3v) is 9.09. The summed E-state index contributed by atoms with van der Waals surface area (Å²) >= 11 is 0. The van der Waals surface area contributed by atoms with E-state index in [0.717, 1.165) is 44.9 Å². The molecule has 2 unspecified atom stereocenters. The molecule has 0 aromatic carbocycles. The fourth-order valence-electron chi connectivity index (χ4n) is 5.27. The van der Waals surface area contributed by atoms with Gasteiger partial charge >= 0.3 is 13.8 Å². The Bertz CT molecular complexity index is 777. The molecule has 0 fully saturated rings. The lowest BCUT2D eigenvalue weighted by atomic mass is 10.0. The lowest BCUT2D eigenvalue weighted by molar-refractivity contribution is -0.154. The highest BCUT2D eigenvalue weighted by Gasteiger charge is 2.25. The van der Waals surface area contributed by atoms with E-state index >= 15 is 0 Å². The first-order chi connectivity index (χ1) is 22.9. The number of esters is 1. The number of ether oxygens (including phenoxy) is 2. The summed E-state index contributed by atoms with van der Waals surface area (Å²) in [7, 11) is -4.27. The predicted molar refractivity (Wildman–Crippen MR) is 197 cm³/mol. The van der Waals surface area contributed by atoms with Crippen LogP contribution in [0.2, 0.25) is 0 Å². The number of phosphoric acid groups is 1. The summed E-state index contributed by atoms with van der Waals surface area (Å²) < 4.78 is 33.3. The first-order valence-electron chi connectivity index (χ1n) is 19.3. The zero-order chi connectivity index (χ0) is 34.5. The van der Waals surface area contributed by atoms with Crippen molar-refractivity contribution in [3.8, 4) is 0 Å². The Morgan fingerprint density at radius 3 is 1.74 bits per heavy atom. The van der Waals surface area contributed by atoms with Gasteiger partial charge in [-0.3, -0.25) is 13.8 Å². The van der Waals surface area contributed by atoms with Crippen LogP contribution in [0.4, 0.5) is 0 Å². The Hall–Kier alpha value is -1.02. The van der Waals surface area contributed by atoms with E-state index < -0.39 is 13.9 Å². The van der Waals surface area contributed by atoms with E-state index in [-0.39, 0.29) is 32.3 Å². The van der Waals surface area contributed by atoms with Crippen LogP contribution < -0.4 is 5.73 Å². The minimum Gasteiger partial charge on any atom is -0.457 e. The lowest BCUT2D eigenvalue weighted by Crippen LogP contribution is -2.28. The molecule has 0 spiro atoms. The van der Waals surface area contributed by atoms with Gasteiger partial charge in [-0.05, 0) is 38.5 Å². The van der Waals surface area contributed by atoms with Gasteiger partial charge in [0.05, 0.1) is 19.8 Å². The molecule has 0 bridgehead atoms. The van der Waals surface area contributed by atoms with Crippen LogP contribution in [0.1, 0.15) is 174 Å². The summed E-state index contributed by atoms with van der Waals surface area (Å²) in [6.45, 7) is 4.84. The van der Waals surface area contributed by atoms with Crippen molar-refractivity contribution >= 4 is 13.8 Å². The predicted octanol–water partition coefficient (Wildman–Crippen LogP) is 10.9. The minimum absolute atomic E-state index is 0.0960. The zero-order valence-electron chi connectivity index (χ0n) is 30.5. The Morgan fingerprint density at radius 2 is 1.17 bits per heavy atom. The van der Waals surface area contributed by atoms with Crippen LogP contribution in [0.25, 0.3) is 0 Å². The van der Waals surface area contributed by atoms with Crippen LogP contribution in [0, 0.1) is 0 Å². The molecule has 0 aromatic rings. The number of phosphoric ester groups is 1. The Labute approximate surface area is 289 Å². The lowest BCUT2D eigenvalue weighted by Gasteiger charge is -2.20. The minimum atomic E-state index is -4.27. The molecule has 8 nitrogen and oxygen atoms in total. The molecule has 0 saturated carbocycles. The fraction of sp³-hybridized carbons (Fsp3) is 0.868. The Kier molecular flexibility index (Phi) is 35.5. The van der Waals surface area contributed by atoms with Gasteiger partial charge in [0.2, 0.25) is 0 Å². The summed E-state index contributed by atoms with van der Waals surface area (Å²) in [6, 6.07) is 0. The number of allylic oxidation sites excluding steroid dienone is 4. The van der Waals surface area contributed by atoms with Crippen LogP contribution >= 0.6 is 7.82 Å². The van der Waals surface area contributed by atoms with Gasteiger partial charge in [0.15, 0.2) is 0 Å². The number of unbranched alkanes of at least 4 members (excludes halogenated alkanes) is 20. The number of hydrogen-bond donors (Lipinski definition) is 2. The van der Waals surface area contributed by atoms with Crippen molar-refractivity contribution in [2.75, 3.05) is 33.0 Å². The molecule has 0 amide bonds. The third kappa shape index (κ3) is 36.1. The molecule has 0 aliphatic carbocycles. The average Bonchev–Trinajstić information content (AvgIpc) is 3.06. The quantitative estimate of drug-likeness (QED) is 0.0287. The molecule has 3 N–H and O–H groups in total. The standard InChI is InChI=1S/C38H74NO7P/c1-3-5-7-9-11-13-15-17-19-21-23-25-27-29-31-38(40)46-37(36-45-47(41,42)44-34-32-39)35-43-33-30-28-26-24-22-20-18-16-14-12-10-8-6-4-2/h8,10,14,16,37H,3-7,9,11-13,15,17-36,39H2,1-2H3,(H,41,42)/b10-8-,16-14-. The van der Waals surface area contributed by atoms with Crippen molar-refractivity contribution in [1.82, 2.24) is 0 Å². The first-order valence-corrected chi connectivity index (χ1v) is 20.8. The monoisotopic (exact) mass is 688 g/mol. The van der Waals surface area contributed by atoms with Gasteiger partial charge in [-0.25, -0.2) is 4.57 Å². The smallest absolute Gasteiger partial charge is 0.457 e. The SMILES string of the molecule is CCC/C=C\C/C=C\CCCCCCCCOCC(COP(=O)(O)OCCN)OC(=O)CCCCCCCCCCCCCCCC. The van der Waals surface area contributed by atoms with Gasteiger partial charge in [-0.15, -0.1) is 0 Å². The van der Waals surface area contributed by atoms with Crippen LogP contribution in [-0.2, 0) is 27.9 Å². The number of nitrogens with two attached hydrogens (primary N) is 1. The summed E-state index contributed by atoms with van der Waals surface area (Å²) in [5.41, 5.74) is 5.35. The van der Waals surface area contributed by atoms with Crippen molar-refractivity contribution < 1.29 is 32.8 Å². The number of carbonyl (C=O) groups is 1.